The highest BCUT2D eigenvalue weighted by Crippen LogP contribution is 2.22. The van der Waals surface area contributed by atoms with Crippen LogP contribution in [-0.4, -0.2) is 43.8 Å². The van der Waals surface area contributed by atoms with E-state index in [9.17, 15) is 22.0 Å². The van der Waals surface area contributed by atoms with Gasteiger partial charge in [0, 0.05) is 12.4 Å². The van der Waals surface area contributed by atoms with E-state index in [-0.39, 0.29) is 9.77 Å². The molecule has 0 aliphatic rings. The van der Waals surface area contributed by atoms with Crippen LogP contribution in [-0.2, 0) is 10.0 Å². The molecular formula is C8H9F2NO4S2. The van der Waals surface area contributed by atoms with Crippen LogP contribution in [0, 0.1) is 0 Å². The van der Waals surface area contributed by atoms with E-state index in [1.807, 2.05) is 0 Å². The lowest BCUT2D eigenvalue weighted by Gasteiger charge is -2.15. The molecule has 0 radical (unpaired) electrons. The van der Waals surface area contributed by atoms with Gasteiger partial charge in [0.2, 0.25) is 10.0 Å². The highest BCUT2D eigenvalue weighted by atomic mass is 32.2. The smallest absolute Gasteiger partial charge is 0.345 e. The van der Waals surface area contributed by atoms with Crippen LogP contribution in [0.5, 0.6) is 0 Å². The number of carboxylic acids is 1. The molecule has 0 aliphatic heterocycles. The first-order valence-corrected chi connectivity index (χ1v) is 6.63. The molecule has 0 saturated carbocycles. The van der Waals surface area contributed by atoms with Gasteiger partial charge in [0.05, 0.1) is 11.4 Å². The van der Waals surface area contributed by atoms with Crippen molar-refractivity contribution in [1.29, 1.82) is 0 Å². The summed E-state index contributed by atoms with van der Waals surface area (Å²) in [4.78, 5) is 10.1. The molecule has 5 nitrogen and oxygen atoms in total. The molecular weight excluding hydrogens is 276 g/mol. The van der Waals surface area contributed by atoms with Crippen LogP contribution >= 0.6 is 11.3 Å². The highest BCUT2D eigenvalue weighted by molar-refractivity contribution is 7.89. The monoisotopic (exact) mass is 285 g/mol. The zero-order chi connectivity index (χ0) is 13.2. The third-order valence-electron chi connectivity index (χ3n) is 1.89. The molecule has 0 aromatic carbocycles. The predicted molar refractivity (Wildman–Crippen MR) is 57.1 cm³/mol. The summed E-state index contributed by atoms with van der Waals surface area (Å²) in [7, 11) is -3.03. The fraction of sp³-hybridized carbons (Fsp3) is 0.375. The summed E-state index contributed by atoms with van der Waals surface area (Å²) in [5.74, 6) is -1.26. The SMILES string of the molecule is CN(CC(F)F)S(=O)(=O)c1csc(C(=O)O)c1. The first-order valence-electron chi connectivity index (χ1n) is 4.31. The molecule has 0 bridgehead atoms. The fourth-order valence-corrected chi connectivity index (χ4v) is 3.29. The minimum absolute atomic E-state index is 0.158. The van der Waals surface area contributed by atoms with Gasteiger partial charge in [0.1, 0.15) is 4.88 Å². The van der Waals surface area contributed by atoms with Crippen LogP contribution in [0.1, 0.15) is 9.67 Å². The maximum atomic E-state index is 12.1. The summed E-state index contributed by atoms with van der Waals surface area (Å²) < 4.78 is 48.0. The largest absolute Gasteiger partial charge is 0.477 e. The number of carbonyl (C=O) groups is 1. The molecule has 1 heterocycles. The Balaban J connectivity index is 3.00. The van der Waals surface area contributed by atoms with Gasteiger partial charge in [-0.05, 0) is 6.07 Å². The first kappa shape index (κ1) is 14.0. The Labute approximate surface area is 100 Å². The number of thiophene rings is 1. The number of carboxylic acid groups (broad SMARTS) is 1. The zero-order valence-corrected chi connectivity index (χ0v) is 10.3. The molecule has 0 saturated heterocycles. The number of alkyl halides is 2. The Kier molecular flexibility index (Phi) is 4.17. The van der Waals surface area contributed by atoms with Crippen molar-refractivity contribution in [3.05, 3.63) is 16.3 Å². The number of rotatable bonds is 5. The van der Waals surface area contributed by atoms with Crippen molar-refractivity contribution >= 4 is 27.3 Å². The van der Waals surface area contributed by atoms with Gasteiger partial charge in [-0.2, -0.15) is 4.31 Å². The van der Waals surface area contributed by atoms with Gasteiger partial charge in [0.25, 0.3) is 6.43 Å². The molecule has 9 heteroatoms. The summed E-state index contributed by atoms with van der Waals surface area (Å²) in [6.45, 7) is -0.930. The van der Waals surface area contributed by atoms with Crippen molar-refractivity contribution in [3.8, 4) is 0 Å². The van der Waals surface area contributed by atoms with E-state index in [4.69, 9.17) is 5.11 Å². The molecule has 0 atom stereocenters. The van der Waals surface area contributed by atoms with E-state index in [2.05, 4.69) is 0 Å². The van der Waals surface area contributed by atoms with Gasteiger partial charge in [-0.15, -0.1) is 11.3 Å². The zero-order valence-electron chi connectivity index (χ0n) is 8.63. The number of hydrogen-bond acceptors (Lipinski definition) is 4. The number of halogens is 2. The summed E-state index contributed by atoms with van der Waals surface area (Å²) in [6.07, 6.45) is -2.78. The van der Waals surface area contributed by atoms with E-state index < -0.39 is 29.0 Å². The average Bonchev–Trinajstić information content (AvgIpc) is 2.65. The number of sulfonamides is 1. The lowest BCUT2D eigenvalue weighted by Crippen LogP contribution is -2.31. The van der Waals surface area contributed by atoms with Gasteiger partial charge in [-0.3, -0.25) is 0 Å². The topological polar surface area (TPSA) is 74.7 Å². The van der Waals surface area contributed by atoms with Gasteiger partial charge in [-0.25, -0.2) is 22.0 Å². The average molecular weight is 285 g/mol. The molecule has 1 aromatic rings. The second-order valence-electron chi connectivity index (χ2n) is 3.13. The Morgan fingerprint density at radius 1 is 1.59 bits per heavy atom. The molecule has 96 valence electrons. The number of nitrogens with zero attached hydrogens (tertiary/aromatic N) is 1. The van der Waals surface area contributed by atoms with Crippen LogP contribution in [0.2, 0.25) is 0 Å². The van der Waals surface area contributed by atoms with Crippen LogP contribution in [0.15, 0.2) is 16.3 Å². The highest BCUT2D eigenvalue weighted by Gasteiger charge is 2.25. The molecule has 1 N–H and O–H groups in total. The molecule has 0 unspecified atom stereocenters. The molecule has 0 spiro atoms. The predicted octanol–water partition coefficient (Wildman–Crippen LogP) is 1.33. The van der Waals surface area contributed by atoms with E-state index in [0.717, 1.165) is 29.8 Å². The van der Waals surface area contributed by atoms with Crippen LogP contribution < -0.4 is 0 Å². The Bertz CT molecular complexity index is 511. The van der Waals surface area contributed by atoms with Gasteiger partial charge >= 0.3 is 5.97 Å². The molecule has 0 fully saturated rings. The summed E-state index contributed by atoms with van der Waals surface area (Å²) in [5, 5.41) is 9.74. The normalized spacial score (nSPS) is 12.3. The second kappa shape index (κ2) is 5.07. The van der Waals surface area contributed by atoms with Crippen molar-refractivity contribution in [2.24, 2.45) is 0 Å². The summed E-state index contributed by atoms with van der Waals surface area (Å²) in [5.41, 5.74) is 0. The van der Waals surface area contributed by atoms with Crippen LogP contribution in [0.4, 0.5) is 8.78 Å². The number of aromatic carboxylic acids is 1. The molecule has 0 aliphatic carbocycles. The Morgan fingerprint density at radius 3 is 2.59 bits per heavy atom. The van der Waals surface area contributed by atoms with Crippen molar-refractivity contribution in [2.45, 2.75) is 11.3 Å². The molecule has 17 heavy (non-hydrogen) atoms. The standard InChI is InChI=1S/C8H9F2NO4S2/c1-11(3-7(9)10)17(14,15)5-2-6(8(12)13)16-4-5/h2,4,7H,3H2,1H3,(H,12,13). The summed E-state index contributed by atoms with van der Waals surface area (Å²) in [6, 6.07) is 0.949. The van der Waals surface area contributed by atoms with Crippen molar-refractivity contribution < 1.29 is 27.1 Å². The minimum Gasteiger partial charge on any atom is -0.477 e. The lowest BCUT2D eigenvalue weighted by molar-refractivity contribution is 0.0702. The van der Waals surface area contributed by atoms with Crippen LogP contribution in [0.3, 0.4) is 0 Å². The van der Waals surface area contributed by atoms with Crippen molar-refractivity contribution in [1.82, 2.24) is 4.31 Å². The van der Waals surface area contributed by atoms with E-state index in [1.54, 1.807) is 0 Å². The minimum atomic E-state index is -4.05. The maximum Gasteiger partial charge on any atom is 0.345 e. The van der Waals surface area contributed by atoms with Crippen molar-refractivity contribution in [2.75, 3.05) is 13.6 Å². The van der Waals surface area contributed by atoms with E-state index in [0.29, 0.717) is 4.31 Å². The quantitative estimate of drug-likeness (QED) is 0.885. The number of hydrogen-bond donors (Lipinski definition) is 1. The Morgan fingerprint density at radius 2 is 2.18 bits per heavy atom. The first-order chi connectivity index (χ1) is 7.75. The fourth-order valence-electron chi connectivity index (χ4n) is 1.04. The van der Waals surface area contributed by atoms with Gasteiger partial charge < -0.3 is 5.11 Å². The third-order valence-corrected chi connectivity index (χ3v) is 4.76. The van der Waals surface area contributed by atoms with E-state index >= 15 is 0 Å². The van der Waals surface area contributed by atoms with Crippen molar-refractivity contribution in [3.63, 3.8) is 0 Å². The maximum absolute atomic E-state index is 12.1. The van der Waals surface area contributed by atoms with Gasteiger partial charge in [0.15, 0.2) is 0 Å². The lowest BCUT2D eigenvalue weighted by atomic mass is 10.5. The molecule has 0 amide bonds. The summed E-state index contributed by atoms with van der Waals surface area (Å²) >= 11 is 0.728. The third kappa shape index (κ3) is 3.20. The van der Waals surface area contributed by atoms with Crippen LogP contribution in [0.25, 0.3) is 0 Å². The van der Waals surface area contributed by atoms with E-state index in [1.165, 1.54) is 0 Å². The molecule has 1 rings (SSSR count). The molecule has 1 aromatic heterocycles. The Hall–Kier alpha value is -1.06. The second-order valence-corrected chi connectivity index (χ2v) is 6.08. The van der Waals surface area contributed by atoms with Gasteiger partial charge in [-0.1, -0.05) is 0 Å².